The van der Waals surface area contributed by atoms with E-state index >= 15 is 0 Å². The quantitative estimate of drug-likeness (QED) is 0.152. The van der Waals surface area contributed by atoms with Crippen LogP contribution >= 0.6 is 0 Å². The molecule has 3 aromatic heterocycles. The summed E-state index contributed by atoms with van der Waals surface area (Å²) in [6, 6.07) is 33.2. The number of imidazole rings is 2. The van der Waals surface area contributed by atoms with E-state index < -0.39 is 6.04 Å². The van der Waals surface area contributed by atoms with Crippen molar-refractivity contribution in [3.05, 3.63) is 133 Å². The zero-order valence-corrected chi connectivity index (χ0v) is 24.2. The fourth-order valence-electron chi connectivity index (χ4n) is 5.42. The lowest BCUT2D eigenvalue weighted by atomic mass is 9.99. The maximum absolute atomic E-state index is 13.5. The third-order valence-electron chi connectivity index (χ3n) is 7.68. The smallest absolute Gasteiger partial charge is 0.251 e. The second-order valence-electron chi connectivity index (χ2n) is 10.9. The first-order chi connectivity index (χ1) is 22.1. The first-order valence-corrected chi connectivity index (χ1v) is 14.7. The van der Waals surface area contributed by atoms with E-state index in [4.69, 9.17) is 4.98 Å². The van der Waals surface area contributed by atoms with Gasteiger partial charge in [0.25, 0.3) is 5.91 Å². The summed E-state index contributed by atoms with van der Waals surface area (Å²) in [5.74, 6) is 0.444. The minimum absolute atomic E-state index is 0.0664. The Morgan fingerprint density at radius 1 is 0.800 bits per heavy atom. The van der Waals surface area contributed by atoms with E-state index in [0.717, 1.165) is 44.2 Å². The molecule has 0 fully saturated rings. The highest BCUT2D eigenvalue weighted by molar-refractivity contribution is 5.98. The molecule has 4 N–H and O–H groups in total. The molecule has 0 spiro atoms. The van der Waals surface area contributed by atoms with Crippen LogP contribution in [0.3, 0.4) is 0 Å². The van der Waals surface area contributed by atoms with Crippen molar-refractivity contribution < 1.29 is 9.59 Å². The van der Waals surface area contributed by atoms with Crippen LogP contribution in [0.25, 0.3) is 44.5 Å². The molecule has 220 valence electrons. The average molecular weight is 592 g/mol. The molecule has 0 aliphatic rings. The molecule has 4 aromatic carbocycles. The van der Waals surface area contributed by atoms with Crippen LogP contribution in [0.4, 0.5) is 5.95 Å². The Balaban J connectivity index is 1.10. The van der Waals surface area contributed by atoms with Crippen molar-refractivity contribution in [1.82, 2.24) is 30.2 Å². The number of hydrogen-bond donors (Lipinski definition) is 4. The Labute approximate surface area is 258 Å². The summed E-state index contributed by atoms with van der Waals surface area (Å²) < 4.78 is 0. The number of carbonyl (C=O) groups is 2. The Hall–Kier alpha value is -6.09. The Morgan fingerprint density at radius 2 is 1.58 bits per heavy atom. The summed E-state index contributed by atoms with van der Waals surface area (Å²) in [6.07, 6.45) is 5.56. The fourth-order valence-corrected chi connectivity index (χ4v) is 5.42. The second kappa shape index (κ2) is 12.3. The summed E-state index contributed by atoms with van der Waals surface area (Å²) in [5, 5.41) is 7.97. The van der Waals surface area contributed by atoms with Crippen LogP contribution in [0.1, 0.15) is 22.3 Å². The van der Waals surface area contributed by atoms with Gasteiger partial charge in [0, 0.05) is 42.0 Å². The zero-order chi connectivity index (χ0) is 30.6. The topological polar surface area (TPSA) is 128 Å². The summed E-state index contributed by atoms with van der Waals surface area (Å²) in [4.78, 5) is 46.0. The van der Waals surface area contributed by atoms with Crippen molar-refractivity contribution in [1.29, 1.82) is 0 Å². The van der Waals surface area contributed by atoms with E-state index in [-0.39, 0.29) is 18.2 Å². The van der Waals surface area contributed by atoms with Gasteiger partial charge in [-0.15, -0.1) is 0 Å². The lowest BCUT2D eigenvalue weighted by Crippen LogP contribution is -2.39. The normalized spacial score (nSPS) is 11.8. The van der Waals surface area contributed by atoms with E-state index in [1.165, 1.54) is 0 Å². The van der Waals surface area contributed by atoms with E-state index in [9.17, 15) is 9.59 Å². The number of fused-ring (bicyclic) bond motifs is 2. The number of H-pyrrole nitrogens is 2. The van der Waals surface area contributed by atoms with Gasteiger partial charge in [-0.25, -0.2) is 9.97 Å². The van der Waals surface area contributed by atoms with Gasteiger partial charge in [-0.3, -0.25) is 19.9 Å². The van der Waals surface area contributed by atoms with Crippen molar-refractivity contribution in [2.45, 2.75) is 18.9 Å². The largest absolute Gasteiger partial charge is 0.348 e. The molecule has 0 bridgehead atoms. The second-order valence-corrected chi connectivity index (χ2v) is 10.9. The van der Waals surface area contributed by atoms with Crippen molar-refractivity contribution >= 4 is 39.6 Å². The van der Waals surface area contributed by atoms with Gasteiger partial charge in [0.2, 0.25) is 11.9 Å². The standard InChI is InChI=1S/C36H29N7O2/c44-33(43-36-37-16-17-38-36)21-29(18-23-10-12-25(13-11-23)24-6-2-1-3-7-24)40-35(45)27-14-15-30-31(20-27)42-34(41-30)32-19-26-8-4-5-9-28(26)22-39-32/h1-17,19-20,22,29H,18,21H2,(H,40,45)(H,41,42)(H2,37,38,43,44). The Kier molecular flexibility index (Phi) is 7.55. The number of aromatic amines is 2. The van der Waals surface area contributed by atoms with Crippen LogP contribution in [0.2, 0.25) is 0 Å². The van der Waals surface area contributed by atoms with Gasteiger partial charge in [-0.1, -0.05) is 78.9 Å². The highest BCUT2D eigenvalue weighted by Gasteiger charge is 2.20. The van der Waals surface area contributed by atoms with E-state index in [1.807, 2.05) is 72.9 Å². The zero-order valence-electron chi connectivity index (χ0n) is 24.2. The lowest BCUT2D eigenvalue weighted by molar-refractivity contribution is -0.116. The Morgan fingerprint density at radius 3 is 2.38 bits per heavy atom. The molecule has 9 nitrogen and oxygen atoms in total. The van der Waals surface area contributed by atoms with Gasteiger partial charge in [0.1, 0.15) is 5.69 Å². The number of amides is 2. The monoisotopic (exact) mass is 591 g/mol. The molecule has 0 aliphatic heterocycles. The van der Waals surface area contributed by atoms with Gasteiger partial charge < -0.3 is 15.3 Å². The molecular formula is C36H29N7O2. The van der Waals surface area contributed by atoms with E-state index in [1.54, 1.807) is 24.5 Å². The van der Waals surface area contributed by atoms with Crippen LogP contribution in [0, 0.1) is 0 Å². The highest BCUT2D eigenvalue weighted by Crippen LogP contribution is 2.24. The number of aromatic nitrogens is 5. The molecule has 1 unspecified atom stereocenters. The molecule has 7 rings (SSSR count). The van der Waals surface area contributed by atoms with Gasteiger partial charge in [0.05, 0.1) is 11.0 Å². The first kappa shape index (κ1) is 27.7. The van der Waals surface area contributed by atoms with E-state index in [2.05, 4.69) is 54.8 Å². The highest BCUT2D eigenvalue weighted by atomic mass is 16.2. The van der Waals surface area contributed by atoms with Crippen molar-refractivity contribution in [2.75, 3.05) is 5.32 Å². The van der Waals surface area contributed by atoms with Crippen molar-refractivity contribution in [3.63, 3.8) is 0 Å². The number of pyridine rings is 1. The summed E-state index contributed by atoms with van der Waals surface area (Å²) in [7, 11) is 0. The number of hydrogen-bond acceptors (Lipinski definition) is 5. The third-order valence-corrected chi connectivity index (χ3v) is 7.68. The number of anilines is 1. The SMILES string of the molecule is O=C(CC(Cc1ccc(-c2ccccc2)cc1)NC(=O)c1ccc2nc(-c3cc4ccccc4cn3)[nH]c2c1)Nc1ncc[nH]1. The van der Waals surface area contributed by atoms with Crippen LogP contribution in [0.5, 0.6) is 0 Å². The molecule has 0 radical (unpaired) electrons. The minimum Gasteiger partial charge on any atom is -0.348 e. The van der Waals surface area contributed by atoms with Crippen LogP contribution in [0.15, 0.2) is 122 Å². The molecule has 9 heteroatoms. The molecule has 3 heterocycles. The number of rotatable bonds is 9. The van der Waals surface area contributed by atoms with Gasteiger partial charge in [-0.2, -0.15) is 0 Å². The maximum Gasteiger partial charge on any atom is 0.251 e. The summed E-state index contributed by atoms with van der Waals surface area (Å²) >= 11 is 0. The van der Waals surface area contributed by atoms with Crippen molar-refractivity contribution in [2.24, 2.45) is 0 Å². The van der Waals surface area contributed by atoms with Crippen LogP contribution in [-0.4, -0.2) is 42.8 Å². The van der Waals surface area contributed by atoms with Crippen LogP contribution < -0.4 is 10.6 Å². The molecule has 1 atom stereocenters. The molecule has 45 heavy (non-hydrogen) atoms. The average Bonchev–Trinajstić information content (AvgIpc) is 3.75. The third kappa shape index (κ3) is 6.33. The molecule has 0 aliphatic carbocycles. The number of benzene rings is 4. The van der Waals surface area contributed by atoms with Crippen LogP contribution in [-0.2, 0) is 11.2 Å². The molecular weight excluding hydrogens is 562 g/mol. The Bertz CT molecular complexity index is 2100. The minimum atomic E-state index is -0.468. The van der Waals surface area contributed by atoms with Crippen molar-refractivity contribution in [3.8, 4) is 22.6 Å². The summed E-state index contributed by atoms with van der Waals surface area (Å²) in [6.45, 7) is 0. The first-order valence-electron chi connectivity index (χ1n) is 14.7. The number of nitrogens with one attached hydrogen (secondary N) is 4. The predicted molar refractivity (Wildman–Crippen MR) is 176 cm³/mol. The molecule has 2 amide bonds. The van der Waals surface area contributed by atoms with Gasteiger partial charge in [0.15, 0.2) is 5.82 Å². The fraction of sp³-hybridized carbons (Fsp3) is 0.0833. The van der Waals surface area contributed by atoms with Gasteiger partial charge >= 0.3 is 0 Å². The molecule has 7 aromatic rings. The lowest BCUT2D eigenvalue weighted by Gasteiger charge is -2.19. The summed E-state index contributed by atoms with van der Waals surface area (Å²) in [5.41, 5.74) is 5.85. The number of nitrogens with zero attached hydrogens (tertiary/aromatic N) is 3. The molecule has 0 saturated heterocycles. The number of carbonyl (C=O) groups excluding carboxylic acids is 2. The van der Waals surface area contributed by atoms with Gasteiger partial charge in [-0.05, 0) is 52.8 Å². The predicted octanol–water partition coefficient (Wildman–Crippen LogP) is 6.54. The van der Waals surface area contributed by atoms with E-state index in [0.29, 0.717) is 23.8 Å². The maximum atomic E-state index is 13.5. The molecule has 0 saturated carbocycles.